The normalized spacial score (nSPS) is 24.1. The summed E-state index contributed by atoms with van der Waals surface area (Å²) in [6.45, 7) is 3.39. The number of rotatable bonds is 5. The molecule has 2 aliphatic rings. The van der Waals surface area contributed by atoms with Gasteiger partial charge in [-0.2, -0.15) is 0 Å². The maximum Gasteiger partial charge on any atom is 0.355 e. The number of hydrogen-bond acceptors (Lipinski definition) is 5. The largest absolute Gasteiger partial charge is 0.464 e. The minimum absolute atomic E-state index is 0.00987. The molecule has 0 spiro atoms. The molecule has 7 heteroatoms. The molecule has 2 heterocycles. The number of fused-ring (bicyclic) bond motifs is 1. The van der Waals surface area contributed by atoms with Gasteiger partial charge in [-0.25, -0.2) is 4.79 Å². The third-order valence-electron chi connectivity index (χ3n) is 3.63. The van der Waals surface area contributed by atoms with Crippen LogP contribution in [0.3, 0.4) is 0 Å². The predicted molar refractivity (Wildman–Crippen MR) is 78.6 cm³/mol. The maximum absolute atomic E-state index is 12.1. The summed E-state index contributed by atoms with van der Waals surface area (Å²) in [7, 11) is 1.31. The van der Waals surface area contributed by atoms with Crippen LogP contribution in [0.2, 0.25) is 0 Å². The predicted octanol–water partition coefficient (Wildman–Crippen LogP) is 1.35. The van der Waals surface area contributed by atoms with Crippen LogP contribution in [-0.4, -0.2) is 35.8 Å². The Bertz CT molecular complexity index is 541. The second kappa shape index (κ2) is 6.34. The summed E-state index contributed by atoms with van der Waals surface area (Å²) in [5.41, 5.74) is 0.342. The fourth-order valence-electron chi connectivity index (χ4n) is 2.66. The van der Waals surface area contributed by atoms with Gasteiger partial charge in [-0.05, 0) is 11.8 Å². The summed E-state index contributed by atoms with van der Waals surface area (Å²) in [6.07, 6.45) is 2.95. The van der Waals surface area contributed by atoms with Crippen molar-refractivity contribution in [2.24, 2.45) is 5.92 Å². The van der Waals surface area contributed by atoms with Crippen molar-refractivity contribution in [1.29, 1.82) is 0 Å². The fraction of sp³-hybridized carbons (Fsp3) is 0.500. The number of methoxy groups -OCH3 is 1. The second-order valence-electron chi connectivity index (χ2n) is 4.88. The lowest BCUT2D eigenvalue weighted by Gasteiger charge is -2.43. The van der Waals surface area contributed by atoms with Gasteiger partial charge in [-0.15, -0.1) is 0 Å². The number of ether oxygens (including phenoxy) is 1. The molecule has 21 heavy (non-hydrogen) atoms. The summed E-state index contributed by atoms with van der Waals surface area (Å²) < 4.78 is 4.78. The summed E-state index contributed by atoms with van der Waals surface area (Å²) in [6, 6.07) is 0.0632. The van der Waals surface area contributed by atoms with E-state index >= 15 is 0 Å². The Morgan fingerprint density at radius 2 is 2.24 bits per heavy atom. The van der Waals surface area contributed by atoms with Crippen molar-refractivity contribution in [1.82, 2.24) is 10.2 Å². The molecule has 1 saturated heterocycles. The zero-order chi connectivity index (χ0) is 15.6. The molecule has 0 aliphatic carbocycles. The SMILES string of the molecule is CC[C@@H]1C(=O)N2C(C(=O)OC)=C(S/C=C/NC(C)=O)C[C@H]12. The van der Waals surface area contributed by atoms with Gasteiger partial charge >= 0.3 is 5.97 Å². The summed E-state index contributed by atoms with van der Waals surface area (Å²) in [5, 5.41) is 4.23. The average Bonchev–Trinajstić information content (AvgIpc) is 2.78. The average molecular weight is 310 g/mol. The number of thioether (sulfide) groups is 1. The number of carbonyl (C=O) groups is 3. The first kappa shape index (κ1) is 15.6. The van der Waals surface area contributed by atoms with Gasteiger partial charge in [0, 0.05) is 24.4 Å². The van der Waals surface area contributed by atoms with Crippen LogP contribution in [0, 0.1) is 5.92 Å². The van der Waals surface area contributed by atoms with Crippen LogP contribution < -0.4 is 5.32 Å². The van der Waals surface area contributed by atoms with E-state index in [0.717, 1.165) is 11.3 Å². The van der Waals surface area contributed by atoms with E-state index in [9.17, 15) is 14.4 Å². The highest BCUT2D eigenvalue weighted by atomic mass is 32.2. The first-order chi connectivity index (χ1) is 10.0. The van der Waals surface area contributed by atoms with Gasteiger partial charge < -0.3 is 15.0 Å². The molecule has 2 atom stereocenters. The van der Waals surface area contributed by atoms with Gasteiger partial charge in [-0.3, -0.25) is 9.59 Å². The third-order valence-corrected chi connectivity index (χ3v) is 4.55. The zero-order valence-corrected chi connectivity index (χ0v) is 13.0. The van der Waals surface area contributed by atoms with E-state index in [0.29, 0.717) is 12.1 Å². The molecule has 0 aromatic heterocycles. The molecule has 1 fully saturated rings. The van der Waals surface area contributed by atoms with Gasteiger partial charge in [0.05, 0.1) is 19.1 Å². The van der Waals surface area contributed by atoms with Crippen LogP contribution in [0.5, 0.6) is 0 Å². The number of nitrogens with zero attached hydrogens (tertiary/aromatic N) is 1. The van der Waals surface area contributed by atoms with Crippen LogP contribution in [-0.2, 0) is 19.1 Å². The number of β-lactam (4-membered cyclic amide) rings is 1. The van der Waals surface area contributed by atoms with Crippen LogP contribution in [0.25, 0.3) is 0 Å². The Balaban J connectivity index is 2.15. The molecule has 0 bridgehead atoms. The van der Waals surface area contributed by atoms with Crippen molar-refractivity contribution < 1.29 is 19.1 Å². The Morgan fingerprint density at radius 3 is 2.81 bits per heavy atom. The molecule has 6 nitrogen and oxygen atoms in total. The molecule has 0 radical (unpaired) electrons. The fourth-order valence-corrected chi connectivity index (χ4v) is 3.52. The number of nitrogens with one attached hydrogen (secondary N) is 1. The highest BCUT2D eigenvalue weighted by Gasteiger charge is 2.54. The molecule has 0 aromatic carbocycles. The Morgan fingerprint density at radius 1 is 1.52 bits per heavy atom. The standard InChI is InChI=1S/C14H18N2O4S/c1-4-9-10-7-11(21-6-5-15-8(2)17)12(14(19)20-3)16(10)13(9)18/h5-6,9-10H,4,7H2,1-3H3,(H,15,17)/b6-5+/t9-,10+/m0/s1. The first-order valence-electron chi connectivity index (χ1n) is 6.74. The van der Waals surface area contributed by atoms with Gasteiger partial charge in [-0.1, -0.05) is 18.7 Å². The highest BCUT2D eigenvalue weighted by molar-refractivity contribution is 8.05. The van der Waals surface area contributed by atoms with E-state index in [1.165, 1.54) is 32.0 Å². The minimum atomic E-state index is -0.490. The molecule has 0 saturated carbocycles. The maximum atomic E-state index is 12.1. The Kier molecular flexibility index (Phi) is 4.72. The Labute approximate surface area is 127 Å². The summed E-state index contributed by atoms with van der Waals surface area (Å²) in [5.74, 6) is -0.673. The van der Waals surface area contributed by atoms with E-state index < -0.39 is 5.97 Å². The van der Waals surface area contributed by atoms with Crippen molar-refractivity contribution in [3.63, 3.8) is 0 Å². The number of carbonyl (C=O) groups excluding carboxylic acids is 3. The van der Waals surface area contributed by atoms with Crippen molar-refractivity contribution in [2.75, 3.05) is 7.11 Å². The zero-order valence-electron chi connectivity index (χ0n) is 12.2. The van der Waals surface area contributed by atoms with Crippen LogP contribution in [0.4, 0.5) is 0 Å². The lowest BCUT2D eigenvalue weighted by Crippen LogP contribution is -2.58. The number of esters is 1. The molecular formula is C14H18N2O4S. The smallest absolute Gasteiger partial charge is 0.355 e. The van der Waals surface area contributed by atoms with E-state index in [1.807, 2.05) is 6.92 Å². The Hall–Kier alpha value is -1.76. The van der Waals surface area contributed by atoms with Crippen LogP contribution in [0.1, 0.15) is 26.7 Å². The van der Waals surface area contributed by atoms with Crippen molar-refractivity contribution in [3.05, 3.63) is 22.2 Å². The molecule has 2 rings (SSSR count). The van der Waals surface area contributed by atoms with Gasteiger partial charge in [0.2, 0.25) is 11.8 Å². The molecule has 0 aromatic rings. The van der Waals surface area contributed by atoms with E-state index in [2.05, 4.69) is 5.32 Å². The third kappa shape index (κ3) is 2.83. The van der Waals surface area contributed by atoms with E-state index in [1.54, 1.807) is 10.3 Å². The van der Waals surface area contributed by atoms with Gasteiger partial charge in [0.25, 0.3) is 0 Å². The number of hydrogen-bond donors (Lipinski definition) is 1. The molecule has 1 N–H and O–H groups in total. The minimum Gasteiger partial charge on any atom is -0.464 e. The van der Waals surface area contributed by atoms with Crippen molar-refractivity contribution in [3.8, 4) is 0 Å². The molecule has 114 valence electrons. The molecular weight excluding hydrogens is 292 g/mol. The van der Waals surface area contributed by atoms with Gasteiger partial charge in [0.1, 0.15) is 5.70 Å². The monoisotopic (exact) mass is 310 g/mol. The van der Waals surface area contributed by atoms with Crippen molar-refractivity contribution >= 4 is 29.5 Å². The highest BCUT2D eigenvalue weighted by Crippen LogP contribution is 2.47. The molecule has 0 unspecified atom stereocenters. The lowest BCUT2D eigenvalue weighted by atomic mass is 9.85. The summed E-state index contributed by atoms with van der Waals surface area (Å²) in [4.78, 5) is 37.1. The summed E-state index contributed by atoms with van der Waals surface area (Å²) >= 11 is 1.33. The topological polar surface area (TPSA) is 75.7 Å². The van der Waals surface area contributed by atoms with Gasteiger partial charge in [0.15, 0.2) is 0 Å². The van der Waals surface area contributed by atoms with E-state index in [4.69, 9.17) is 4.74 Å². The number of amides is 2. The van der Waals surface area contributed by atoms with Crippen molar-refractivity contribution in [2.45, 2.75) is 32.7 Å². The quantitative estimate of drug-likeness (QED) is 0.613. The lowest BCUT2D eigenvalue weighted by molar-refractivity contribution is -0.155. The molecule has 2 amide bonds. The first-order valence-corrected chi connectivity index (χ1v) is 7.62. The second-order valence-corrected chi connectivity index (χ2v) is 5.88. The van der Waals surface area contributed by atoms with Crippen LogP contribution in [0.15, 0.2) is 22.2 Å². The molecule has 2 aliphatic heterocycles. The van der Waals surface area contributed by atoms with Crippen LogP contribution >= 0.6 is 11.8 Å². The van der Waals surface area contributed by atoms with E-state index in [-0.39, 0.29) is 23.8 Å².